The number of aliphatic carboxylic acids is 1. The lowest BCUT2D eigenvalue weighted by atomic mass is 10.0. The van der Waals surface area contributed by atoms with Crippen molar-refractivity contribution in [2.45, 2.75) is 26.3 Å². The van der Waals surface area contributed by atoms with Crippen molar-refractivity contribution in [3.63, 3.8) is 0 Å². The molecular weight excluding hydrogens is 228 g/mol. The van der Waals surface area contributed by atoms with Gasteiger partial charge in [-0.05, 0) is 5.92 Å². The Hall–Kier alpha value is -1.43. The molecule has 1 atom stereocenters. The van der Waals surface area contributed by atoms with E-state index >= 15 is 0 Å². The van der Waals surface area contributed by atoms with Crippen molar-refractivity contribution in [2.24, 2.45) is 5.92 Å². The summed E-state index contributed by atoms with van der Waals surface area (Å²) < 4.78 is 0. The van der Waals surface area contributed by atoms with Gasteiger partial charge >= 0.3 is 5.97 Å². The number of thiazole rings is 1. The lowest BCUT2D eigenvalue weighted by Crippen LogP contribution is -2.25. The van der Waals surface area contributed by atoms with Gasteiger partial charge in [0.2, 0.25) is 5.91 Å². The summed E-state index contributed by atoms with van der Waals surface area (Å²) in [6, 6.07) is 0. The average molecular weight is 242 g/mol. The number of nitrogens with one attached hydrogen (secondary N) is 1. The molecule has 2 N–H and O–H groups in total. The van der Waals surface area contributed by atoms with Crippen molar-refractivity contribution >= 4 is 23.2 Å². The van der Waals surface area contributed by atoms with Gasteiger partial charge in [0.15, 0.2) is 0 Å². The smallest absolute Gasteiger partial charge is 0.303 e. The van der Waals surface area contributed by atoms with Gasteiger partial charge in [-0.15, -0.1) is 11.3 Å². The molecule has 16 heavy (non-hydrogen) atoms. The number of carbonyl (C=O) groups is 2. The number of carboxylic acid groups (broad SMARTS) is 1. The summed E-state index contributed by atoms with van der Waals surface area (Å²) in [5, 5.41) is 13.1. The summed E-state index contributed by atoms with van der Waals surface area (Å²) >= 11 is 1.47. The first kappa shape index (κ1) is 12.6. The molecule has 1 heterocycles. The molecule has 6 heteroatoms. The molecule has 0 radical (unpaired) electrons. The molecule has 0 aliphatic heterocycles. The summed E-state index contributed by atoms with van der Waals surface area (Å²) in [7, 11) is 0. The Morgan fingerprint density at radius 1 is 1.56 bits per heavy atom. The lowest BCUT2D eigenvalue weighted by molar-refractivity contribution is -0.138. The summed E-state index contributed by atoms with van der Waals surface area (Å²) in [5.41, 5.74) is 2.53. The van der Waals surface area contributed by atoms with Crippen LogP contribution in [0.4, 0.5) is 0 Å². The van der Waals surface area contributed by atoms with Crippen LogP contribution in [0.3, 0.4) is 0 Å². The van der Waals surface area contributed by atoms with E-state index in [-0.39, 0.29) is 24.7 Å². The molecule has 0 aromatic carbocycles. The van der Waals surface area contributed by atoms with Crippen molar-refractivity contribution in [1.82, 2.24) is 10.3 Å². The van der Waals surface area contributed by atoms with E-state index in [0.717, 1.165) is 5.69 Å². The molecule has 0 aliphatic rings. The number of amides is 1. The number of rotatable bonds is 6. The van der Waals surface area contributed by atoms with Gasteiger partial charge in [0.05, 0.1) is 17.7 Å². The Labute approximate surface area is 97.5 Å². The van der Waals surface area contributed by atoms with E-state index in [0.29, 0.717) is 6.54 Å². The normalized spacial score (nSPS) is 12.1. The minimum Gasteiger partial charge on any atom is -0.481 e. The minimum atomic E-state index is -0.875. The average Bonchev–Trinajstić information content (AvgIpc) is 2.65. The van der Waals surface area contributed by atoms with Crippen LogP contribution in [-0.4, -0.2) is 22.0 Å². The predicted octanol–water partition coefficient (Wildman–Crippen LogP) is 1.26. The van der Waals surface area contributed by atoms with Crippen molar-refractivity contribution in [3.05, 3.63) is 16.6 Å². The summed E-state index contributed by atoms with van der Waals surface area (Å²) in [6.07, 6.45) is 0.251. The highest BCUT2D eigenvalue weighted by molar-refractivity contribution is 7.07. The quantitative estimate of drug-likeness (QED) is 0.787. The summed E-state index contributed by atoms with van der Waals surface area (Å²) in [4.78, 5) is 25.8. The number of carbonyl (C=O) groups excluding carboxylic acids is 1. The van der Waals surface area contributed by atoms with Crippen molar-refractivity contribution in [1.29, 1.82) is 0 Å². The van der Waals surface area contributed by atoms with Gasteiger partial charge in [0, 0.05) is 18.2 Å². The monoisotopic (exact) mass is 242 g/mol. The Balaban J connectivity index is 2.23. The SMILES string of the molecule is CC(CC(=O)O)CC(=O)NCc1cscn1. The molecule has 0 saturated heterocycles. The van der Waals surface area contributed by atoms with Crippen LogP contribution in [0, 0.1) is 5.92 Å². The fourth-order valence-electron chi connectivity index (χ4n) is 1.27. The maximum Gasteiger partial charge on any atom is 0.303 e. The Morgan fingerprint density at radius 2 is 2.31 bits per heavy atom. The Kier molecular flexibility index (Phi) is 4.91. The zero-order valence-electron chi connectivity index (χ0n) is 8.97. The van der Waals surface area contributed by atoms with Gasteiger partial charge in [-0.1, -0.05) is 6.92 Å². The molecule has 0 aliphatic carbocycles. The largest absolute Gasteiger partial charge is 0.481 e. The van der Waals surface area contributed by atoms with E-state index < -0.39 is 5.97 Å². The minimum absolute atomic E-state index is 0.0180. The fraction of sp³-hybridized carbons (Fsp3) is 0.500. The van der Waals surface area contributed by atoms with Crippen LogP contribution >= 0.6 is 11.3 Å². The van der Waals surface area contributed by atoms with Gasteiger partial charge in [0.25, 0.3) is 0 Å². The fourth-order valence-corrected chi connectivity index (χ4v) is 1.83. The highest BCUT2D eigenvalue weighted by Crippen LogP contribution is 2.07. The van der Waals surface area contributed by atoms with E-state index in [4.69, 9.17) is 5.11 Å². The third-order valence-electron chi connectivity index (χ3n) is 2.01. The van der Waals surface area contributed by atoms with E-state index in [1.165, 1.54) is 11.3 Å². The van der Waals surface area contributed by atoms with Crippen LogP contribution in [-0.2, 0) is 16.1 Å². The second-order valence-corrected chi connectivity index (χ2v) is 4.38. The van der Waals surface area contributed by atoms with E-state index in [2.05, 4.69) is 10.3 Å². The topological polar surface area (TPSA) is 79.3 Å². The molecule has 1 aromatic rings. The second-order valence-electron chi connectivity index (χ2n) is 3.66. The number of hydrogen-bond donors (Lipinski definition) is 2. The van der Waals surface area contributed by atoms with Crippen LogP contribution in [0.2, 0.25) is 0 Å². The van der Waals surface area contributed by atoms with Crippen LogP contribution in [0.25, 0.3) is 0 Å². The standard InChI is InChI=1S/C10H14N2O3S/c1-7(3-10(14)15)2-9(13)11-4-8-5-16-6-12-8/h5-7H,2-4H2,1H3,(H,11,13)(H,14,15). The molecule has 1 rings (SSSR count). The molecule has 0 fully saturated rings. The first-order chi connectivity index (χ1) is 7.58. The van der Waals surface area contributed by atoms with Gasteiger partial charge in [-0.25, -0.2) is 4.98 Å². The number of hydrogen-bond acceptors (Lipinski definition) is 4. The Morgan fingerprint density at radius 3 is 2.88 bits per heavy atom. The highest BCUT2D eigenvalue weighted by atomic mass is 32.1. The Bertz CT molecular complexity index is 351. The molecular formula is C10H14N2O3S. The zero-order chi connectivity index (χ0) is 12.0. The van der Waals surface area contributed by atoms with Crippen LogP contribution in [0.15, 0.2) is 10.9 Å². The zero-order valence-corrected chi connectivity index (χ0v) is 9.79. The molecule has 1 unspecified atom stereocenters. The molecule has 0 saturated carbocycles. The van der Waals surface area contributed by atoms with Crippen molar-refractivity contribution < 1.29 is 14.7 Å². The van der Waals surface area contributed by atoms with Crippen LogP contribution in [0.1, 0.15) is 25.5 Å². The van der Waals surface area contributed by atoms with Gasteiger partial charge in [0.1, 0.15) is 0 Å². The number of nitrogens with zero attached hydrogens (tertiary/aromatic N) is 1. The number of carboxylic acids is 1. The maximum absolute atomic E-state index is 11.4. The summed E-state index contributed by atoms with van der Waals surface area (Å²) in [6.45, 7) is 2.15. The van der Waals surface area contributed by atoms with E-state index in [1.54, 1.807) is 12.4 Å². The molecule has 0 spiro atoms. The van der Waals surface area contributed by atoms with Crippen molar-refractivity contribution in [3.8, 4) is 0 Å². The molecule has 0 bridgehead atoms. The first-order valence-corrected chi connectivity index (χ1v) is 5.87. The van der Waals surface area contributed by atoms with E-state index in [1.807, 2.05) is 5.38 Å². The van der Waals surface area contributed by atoms with Crippen LogP contribution < -0.4 is 5.32 Å². The van der Waals surface area contributed by atoms with Gasteiger partial charge in [-0.2, -0.15) is 0 Å². The van der Waals surface area contributed by atoms with Gasteiger partial charge in [-0.3, -0.25) is 9.59 Å². The molecule has 5 nitrogen and oxygen atoms in total. The van der Waals surface area contributed by atoms with E-state index in [9.17, 15) is 9.59 Å². The molecule has 1 aromatic heterocycles. The lowest BCUT2D eigenvalue weighted by Gasteiger charge is -2.08. The first-order valence-electron chi connectivity index (χ1n) is 4.93. The van der Waals surface area contributed by atoms with Crippen LogP contribution in [0.5, 0.6) is 0 Å². The third-order valence-corrected chi connectivity index (χ3v) is 2.64. The molecule has 1 amide bonds. The summed E-state index contributed by atoms with van der Waals surface area (Å²) in [5.74, 6) is -1.16. The molecule has 88 valence electrons. The predicted molar refractivity (Wildman–Crippen MR) is 60.0 cm³/mol. The second kappa shape index (κ2) is 6.22. The third kappa shape index (κ3) is 4.88. The maximum atomic E-state index is 11.4. The van der Waals surface area contributed by atoms with Crippen molar-refractivity contribution in [2.75, 3.05) is 0 Å². The number of aromatic nitrogens is 1. The highest BCUT2D eigenvalue weighted by Gasteiger charge is 2.12. The van der Waals surface area contributed by atoms with Gasteiger partial charge < -0.3 is 10.4 Å².